The molecule has 6 fully saturated rings. The van der Waals surface area contributed by atoms with Crippen molar-refractivity contribution in [1.29, 1.82) is 0 Å². The lowest BCUT2D eigenvalue weighted by atomic mass is 9.38. The summed E-state index contributed by atoms with van der Waals surface area (Å²) in [5, 5.41) is 12.5. The molecule has 1 N–H and O–H groups in total. The maximum Gasteiger partial charge on any atom is 0.138 e. The molecule has 9 atom stereocenters. The van der Waals surface area contributed by atoms with Crippen molar-refractivity contribution in [3.05, 3.63) is 11.6 Å². The van der Waals surface area contributed by atoms with Crippen LogP contribution in [0.25, 0.3) is 0 Å². The van der Waals surface area contributed by atoms with Gasteiger partial charge in [-0.2, -0.15) is 0 Å². The van der Waals surface area contributed by atoms with E-state index in [-0.39, 0.29) is 28.4 Å². The molecule has 6 bridgehead atoms. The molecular weight excluding hydrogens is 326 g/mol. The number of nitrogens with zero attached hydrogens (tertiary/aromatic N) is 1. The highest BCUT2D eigenvalue weighted by Gasteiger charge is 2.88. The summed E-state index contributed by atoms with van der Waals surface area (Å²) in [6, 6.07) is 0.333. The van der Waals surface area contributed by atoms with E-state index in [0.29, 0.717) is 30.1 Å². The van der Waals surface area contributed by atoms with Crippen molar-refractivity contribution in [3.63, 3.8) is 0 Å². The number of hydrogen-bond acceptors (Lipinski definition) is 4. The molecule has 8 aliphatic rings. The van der Waals surface area contributed by atoms with Gasteiger partial charge < -0.3 is 9.84 Å². The van der Waals surface area contributed by atoms with Gasteiger partial charge in [0, 0.05) is 41.2 Å². The van der Waals surface area contributed by atoms with Crippen molar-refractivity contribution < 1.29 is 14.6 Å². The van der Waals surface area contributed by atoms with E-state index in [1.54, 1.807) is 0 Å². The molecule has 0 radical (unpaired) electrons. The standard InChI is InChI=1S/C22H29NO3/c1-12-9-20-11-15(24)16-19(2)4-3-5-21(16)17(23-6-7-26-18(19)23)14(20)8-13(12)10-22(20,21)25/h9,13-14,16-18,25H,3-8,10-11H2,1-2H3/t13-,14?,16+,17+,18?,19+,20-,21+,22-/m0/s1. The summed E-state index contributed by atoms with van der Waals surface area (Å²) in [5.74, 6) is 1.36. The average molecular weight is 355 g/mol. The third-order valence-electron chi connectivity index (χ3n) is 10.4. The van der Waals surface area contributed by atoms with E-state index in [2.05, 4.69) is 24.8 Å². The lowest BCUT2D eigenvalue weighted by Gasteiger charge is -2.69. The molecule has 6 aliphatic carbocycles. The summed E-state index contributed by atoms with van der Waals surface area (Å²) in [5.41, 5.74) is 0.0662. The van der Waals surface area contributed by atoms with Crippen LogP contribution in [-0.4, -0.2) is 46.8 Å². The molecule has 4 saturated carbocycles. The van der Waals surface area contributed by atoms with Crippen molar-refractivity contribution in [3.8, 4) is 0 Å². The Bertz CT molecular complexity index is 792. The Morgan fingerprint density at radius 3 is 3.04 bits per heavy atom. The Labute approximate surface area is 155 Å². The Kier molecular flexibility index (Phi) is 2.35. The average Bonchev–Trinajstić information content (AvgIpc) is 3.05. The van der Waals surface area contributed by atoms with E-state index in [1.165, 1.54) is 5.57 Å². The topological polar surface area (TPSA) is 49.8 Å². The normalized spacial score (nSPS) is 64.5. The monoisotopic (exact) mass is 355 g/mol. The predicted molar refractivity (Wildman–Crippen MR) is 95.1 cm³/mol. The molecule has 140 valence electrons. The number of carbonyl (C=O) groups is 1. The number of piperidine rings is 1. The number of fused-ring (bicyclic) bond motifs is 3. The second-order valence-corrected chi connectivity index (χ2v) is 10.9. The van der Waals surface area contributed by atoms with Gasteiger partial charge >= 0.3 is 0 Å². The van der Waals surface area contributed by atoms with Crippen LogP contribution in [-0.2, 0) is 9.53 Å². The van der Waals surface area contributed by atoms with Crippen LogP contribution in [0.2, 0.25) is 0 Å². The molecule has 26 heavy (non-hydrogen) atoms. The van der Waals surface area contributed by atoms with Gasteiger partial charge in [0.25, 0.3) is 0 Å². The maximum absolute atomic E-state index is 13.7. The highest BCUT2D eigenvalue weighted by molar-refractivity contribution is 5.88. The molecule has 0 aromatic heterocycles. The number of rotatable bonds is 0. The fraction of sp³-hybridized carbons (Fsp3) is 0.864. The van der Waals surface area contributed by atoms with Gasteiger partial charge in [-0.3, -0.25) is 9.69 Å². The van der Waals surface area contributed by atoms with Crippen LogP contribution in [0.15, 0.2) is 11.6 Å². The second-order valence-electron chi connectivity index (χ2n) is 10.9. The Balaban J connectivity index is 1.59. The smallest absolute Gasteiger partial charge is 0.138 e. The van der Waals surface area contributed by atoms with Crippen molar-refractivity contribution >= 4 is 5.78 Å². The van der Waals surface area contributed by atoms with Gasteiger partial charge in [0.05, 0.1) is 12.2 Å². The fourth-order valence-corrected chi connectivity index (χ4v) is 10.1. The second kappa shape index (κ2) is 4.01. The maximum atomic E-state index is 13.7. The van der Waals surface area contributed by atoms with Crippen LogP contribution in [0, 0.1) is 34.0 Å². The van der Waals surface area contributed by atoms with Crippen molar-refractivity contribution in [2.45, 2.75) is 70.2 Å². The Hall–Kier alpha value is -0.710. The first-order valence-electron chi connectivity index (χ1n) is 10.7. The van der Waals surface area contributed by atoms with Gasteiger partial charge in [-0.1, -0.05) is 25.0 Å². The Morgan fingerprint density at radius 2 is 2.19 bits per heavy atom. The number of ether oxygens (including phenoxy) is 1. The number of aliphatic hydroxyl groups is 1. The third kappa shape index (κ3) is 1.15. The van der Waals surface area contributed by atoms with E-state index < -0.39 is 5.60 Å². The first kappa shape index (κ1) is 15.2. The summed E-state index contributed by atoms with van der Waals surface area (Å²) in [6.07, 6.45) is 8.30. The SMILES string of the molecule is CC1=C[C@]23CC(=O)[C@H]4[C@]56CCC[C@@]4(C)C4OCCN4[C@@H]5C2C[C@H]1C[C@@]63O. The zero-order valence-corrected chi connectivity index (χ0v) is 15.8. The van der Waals surface area contributed by atoms with Crippen LogP contribution >= 0.6 is 0 Å². The van der Waals surface area contributed by atoms with Gasteiger partial charge in [0.2, 0.25) is 0 Å². The van der Waals surface area contributed by atoms with E-state index in [1.807, 2.05) is 0 Å². The number of allylic oxidation sites excluding steroid dienone is 1. The van der Waals surface area contributed by atoms with E-state index in [0.717, 1.165) is 45.3 Å². The molecule has 0 aromatic rings. The molecule has 2 aliphatic heterocycles. The van der Waals surface area contributed by atoms with E-state index in [4.69, 9.17) is 4.74 Å². The van der Waals surface area contributed by atoms with Crippen LogP contribution in [0.4, 0.5) is 0 Å². The van der Waals surface area contributed by atoms with Crippen LogP contribution in [0.1, 0.15) is 52.4 Å². The molecule has 8 rings (SSSR count). The summed E-state index contributed by atoms with van der Waals surface area (Å²) in [4.78, 5) is 16.3. The van der Waals surface area contributed by atoms with Crippen LogP contribution < -0.4 is 0 Å². The van der Waals surface area contributed by atoms with E-state index >= 15 is 0 Å². The molecule has 2 unspecified atom stereocenters. The summed E-state index contributed by atoms with van der Waals surface area (Å²) >= 11 is 0. The minimum Gasteiger partial charge on any atom is -0.388 e. The first-order chi connectivity index (χ1) is 12.4. The summed E-state index contributed by atoms with van der Waals surface area (Å²) in [7, 11) is 0. The minimum absolute atomic E-state index is 0.0122. The lowest BCUT2D eigenvalue weighted by Crippen LogP contribution is -2.76. The van der Waals surface area contributed by atoms with Gasteiger partial charge in [-0.05, 0) is 44.4 Å². The first-order valence-corrected chi connectivity index (χ1v) is 10.7. The quantitative estimate of drug-likeness (QED) is 0.679. The van der Waals surface area contributed by atoms with Crippen LogP contribution in [0.3, 0.4) is 0 Å². The lowest BCUT2D eigenvalue weighted by molar-refractivity contribution is -0.275. The molecule has 2 spiro atoms. The fourth-order valence-electron chi connectivity index (χ4n) is 10.1. The zero-order chi connectivity index (χ0) is 17.7. The van der Waals surface area contributed by atoms with Crippen molar-refractivity contribution in [2.24, 2.45) is 34.0 Å². The molecule has 0 aromatic carbocycles. The van der Waals surface area contributed by atoms with Crippen LogP contribution in [0.5, 0.6) is 0 Å². The highest BCUT2D eigenvalue weighted by Crippen LogP contribution is 2.83. The number of ketones is 1. The zero-order valence-electron chi connectivity index (χ0n) is 15.8. The van der Waals surface area contributed by atoms with Gasteiger partial charge in [0.1, 0.15) is 12.0 Å². The minimum atomic E-state index is -0.689. The molecular formula is C22H29NO3. The van der Waals surface area contributed by atoms with Gasteiger partial charge in [-0.15, -0.1) is 0 Å². The van der Waals surface area contributed by atoms with Crippen molar-refractivity contribution in [1.82, 2.24) is 4.90 Å². The number of hydrogen-bond donors (Lipinski definition) is 1. The van der Waals surface area contributed by atoms with E-state index in [9.17, 15) is 9.90 Å². The number of carbonyl (C=O) groups excluding carboxylic acids is 1. The molecule has 0 amide bonds. The molecule has 2 heterocycles. The highest BCUT2D eigenvalue weighted by atomic mass is 16.5. The van der Waals surface area contributed by atoms with Gasteiger partial charge in [-0.25, -0.2) is 0 Å². The predicted octanol–water partition coefficient (Wildman–Crippen LogP) is 2.51. The van der Waals surface area contributed by atoms with Gasteiger partial charge in [0.15, 0.2) is 0 Å². The summed E-state index contributed by atoms with van der Waals surface area (Å²) in [6.45, 7) is 6.30. The number of Topliss-reactive ketones (excluding diaryl/α,β-unsaturated/α-hetero) is 1. The largest absolute Gasteiger partial charge is 0.388 e. The third-order valence-corrected chi connectivity index (χ3v) is 10.4. The molecule has 4 heteroatoms. The molecule has 2 saturated heterocycles. The molecule has 4 nitrogen and oxygen atoms in total. The Morgan fingerprint density at radius 1 is 1.35 bits per heavy atom. The van der Waals surface area contributed by atoms with Crippen molar-refractivity contribution in [2.75, 3.05) is 13.2 Å². The summed E-state index contributed by atoms with van der Waals surface area (Å²) < 4.78 is 6.31.